The van der Waals surface area contributed by atoms with Gasteiger partial charge >= 0.3 is 0 Å². The van der Waals surface area contributed by atoms with Crippen molar-refractivity contribution in [2.75, 3.05) is 46.4 Å². The molecule has 3 rings (SSSR count). The van der Waals surface area contributed by atoms with E-state index >= 15 is 0 Å². The van der Waals surface area contributed by atoms with Crippen molar-refractivity contribution in [2.24, 2.45) is 0 Å². The lowest BCUT2D eigenvalue weighted by Gasteiger charge is -2.44. The molecular formula is C18H33N3O4S. The van der Waals surface area contributed by atoms with E-state index in [9.17, 15) is 13.2 Å². The standard InChI is InChI=1S/C18H33N3O4S/c1-15(22)20-9-3-4-17(14-20)21(16-7-12-25-13-8-16)11-10-19(2)26(23,24)18-5-6-18/h16-18H,3-14H2,1-2H3. The number of carbonyl (C=O) groups is 1. The minimum Gasteiger partial charge on any atom is -0.381 e. The highest BCUT2D eigenvalue weighted by Gasteiger charge is 2.39. The first-order valence-electron chi connectivity index (χ1n) is 9.93. The molecule has 1 atom stereocenters. The molecule has 0 aromatic rings. The second-order valence-corrected chi connectivity index (χ2v) is 10.2. The molecule has 0 aromatic heterocycles. The van der Waals surface area contributed by atoms with E-state index < -0.39 is 10.0 Å². The lowest BCUT2D eigenvalue weighted by atomic mass is 9.98. The van der Waals surface area contributed by atoms with Crippen LogP contribution in [0.25, 0.3) is 0 Å². The number of hydrogen-bond donors (Lipinski definition) is 0. The van der Waals surface area contributed by atoms with Crippen molar-refractivity contribution in [3.63, 3.8) is 0 Å². The van der Waals surface area contributed by atoms with Gasteiger partial charge in [-0.2, -0.15) is 0 Å². The van der Waals surface area contributed by atoms with Crippen molar-refractivity contribution in [3.8, 4) is 0 Å². The zero-order valence-electron chi connectivity index (χ0n) is 16.1. The van der Waals surface area contributed by atoms with Gasteiger partial charge in [0.15, 0.2) is 0 Å². The van der Waals surface area contributed by atoms with Crippen molar-refractivity contribution >= 4 is 15.9 Å². The zero-order chi connectivity index (χ0) is 18.7. The number of rotatable bonds is 7. The van der Waals surface area contributed by atoms with Gasteiger partial charge < -0.3 is 9.64 Å². The van der Waals surface area contributed by atoms with Crippen LogP contribution in [-0.4, -0.2) is 92.2 Å². The molecule has 26 heavy (non-hydrogen) atoms. The van der Waals surface area contributed by atoms with Gasteiger partial charge in [0.05, 0.1) is 5.25 Å². The highest BCUT2D eigenvalue weighted by molar-refractivity contribution is 7.90. The number of amides is 1. The van der Waals surface area contributed by atoms with Gasteiger partial charge in [0.25, 0.3) is 0 Å². The fraction of sp³-hybridized carbons (Fsp3) is 0.944. The van der Waals surface area contributed by atoms with Crippen molar-refractivity contribution in [2.45, 2.75) is 62.8 Å². The molecule has 0 N–H and O–H groups in total. The summed E-state index contributed by atoms with van der Waals surface area (Å²) in [6.45, 7) is 6.00. The molecule has 0 aromatic carbocycles. The van der Waals surface area contributed by atoms with E-state index in [1.807, 2.05) is 4.90 Å². The van der Waals surface area contributed by atoms with Crippen LogP contribution in [0.2, 0.25) is 0 Å². The summed E-state index contributed by atoms with van der Waals surface area (Å²) in [7, 11) is -1.42. The van der Waals surface area contributed by atoms with Crippen LogP contribution >= 0.6 is 0 Å². The number of sulfonamides is 1. The predicted molar refractivity (Wildman–Crippen MR) is 100 cm³/mol. The van der Waals surface area contributed by atoms with Crippen LogP contribution in [0.3, 0.4) is 0 Å². The van der Waals surface area contributed by atoms with Crippen LogP contribution in [0, 0.1) is 0 Å². The average molecular weight is 388 g/mol. The second kappa shape index (κ2) is 8.54. The molecule has 2 aliphatic heterocycles. The summed E-state index contributed by atoms with van der Waals surface area (Å²) < 4.78 is 31.9. The Kier molecular flexibility index (Phi) is 6.59. The Hall–Kier alpha value is -0.700. The van der Waals surface area contributed by atoms with Gasteiger partial charge in [0, 0.05) is 65.4 Å². The van der Waals surface area contributed by atoms with Gasteiger partial charge in [0.2, 0.25) is 15.9 Å². The summed E-state index contributed by atoms with van der Waals surface area (Å²) in [5.41, 5.74) is 0. The predicted octanol–water partition coefficient (Wildman–Crippen LogP) is 0.902. The highest BCUT2D eigenvalue weighted by Crippen LogP contribution is 2.30. The Bertz CT molecular complexity index is 587. The molecule has 0 bridgehead atoms. The fourth-order valence-corrected chi connectivity index (χ4v) is 5.77. The molecule has 0 radical (unpaired) electrons. The van der Waals surface area contributed by atoms with Gasteiger partial charge in [-0.05, 0) is 38.5 Å². The minimum atomic E-state index is -3.13. The SMILES string of the molecule is CC(=O)N1CCCC(N(CCN(C)S(=O)(=O)C2CC2)C2CCOCC2)C1. The summed E-state index contributed by atoms with van der Waals surface area (Å²) >= 11 is 0. The summed E-state index contributed by atoms with van der Waals surface area (Å²) in [4.78, 5) is 16.2. The third-order valence-electron chi connectivity index (χ3n) is 6.02. The van der Waals surface area contributed by atoms with E-state index in [2.05, 4.69) is 4.90 Å². The van der Waals surface area contributed by atoms with Crippen molar-refractivity contribution in [1.82, 2.24) is 14.1 Å². The molecule has 3 fully saturated rings. The molecule has 150 valence electrons. The Labute approximate surface area is 157 Å². The van der Waals surface area contributed by atoms with Crippen LogP contribution in [0.4, 0.5) is 0 Å². The Morgan fingerprint density at radius 2 is 1.77 bits per heavy atom. The van der Waals surface area contributed by atoms with E-state index in [1.54, 1.807) is 18.3 Å². The number of nitrogens with zero attached hydrogens (tertiary/aromatic N) is 3. The average Bonchev–Trinajstić information content (AvgIpc) is 3.48. The van der Waals surface area contributed by atoms with E-state index in [0.717, 1.165) is 71.4 Å². The normalized spacial score (nSPS) is 25.8. The number of likely N-dealkylation sites (tertiary alicyclic amines) is 1. The molecule has 8 heteroatoms. The summed E-state index contributed by atoms with van der Waals surface area (Å²) in [6.07, 6.45) is 5.64. The fourth-order valence-electron chi connectivity index (χ4n) is 4.20. The van der Waals surface area contributed by atoms with Gasteiger partial charge in [-0.3, -0.25) is 9.69 Å². The van der Waals surface area contributed by atoms with Crippen LogP contribution < -0.4 is 0 Å². The lowest BCUT2D eigenvalue weighted by molar-refractivity contribution is -0.131. The topological polar surface area (TPSA) is 70.2 Å². The molecule has 1 saturated carbocycles. The number of ether oxygens (including phenoxy) is 1. The van der Waals surface area contributed by atoms with E-state index in [0.29, 0.717) is 18.6 Å². The zero-order valence-corrected chi connectivity index (χ0v) is 16.9. The molecule has 1 aliphatic carbocycles. The first-order chi connectivity index (χ1) is 12.4. The van der Waals surface area contributed by atoms with Crippen LogP contribution in [0.15, 0.2) is 0 Å². The first-order valence-corrected chi connectivity index (χ1v) is 11.4. The molecule has 1 unspecified atom stereocenters. The smallest absolute Gasteiger partial charge is 0.219 e. The molecule has 2 heterocycles. The maximum Gasteiger partial charge on any atom is 0.219 e. The van der Waals surface area contributed by atoms with Gasteiger partial charge in [0.1, 0.15) is 0 Å². The minimum absolute atomic E-state index is 0.134. The van der Waals surface area contributed by atoms with Crippen molar-refractivity contribution in [3.05, 3.63) is 0 Å². The summed E-state index contributed by atoms with van der Waals surface area (Å²) in [5, 5.41) is -0.160. The van der Waals surface area contributed by atoms with Crippen LogP contribution in [0.5, 0.6) is 0 Å². The molecule has 0 spiro atoms. The summed E-state index contributed by atoms with van der Waals surface area (Å²) in [6, 6.07) is 0.727. The Morgan fingerprint density at radius 1 is 1.08 bits per heavy atom. The van der Waals surface area contributed by atoms with E-state index in [4.69, 9.17) is 4.74 Å². The third kappa shape index (κ3) is 4.77. The van der Waals surface area contributed by atoms with Crippen LogP contribution in [-0.2, 0) is 19.6 Å². The van der Waals surface area contributed by atoms with Crippen molar-refractivity contribution < 1.29 is 17.9 Å². The third-order valence-corrected chi connectivity index (χ3v) is 8.39. The first kappa shape index (κ1) is 20.0. The quantitative estimate of drug-likeness (QED) is 0.649. The number of likely N-dealkylation sites (N-methyl/N-ethyl adjacent to an activating group) is 1. The maximum absolute atomic E-state index is 12.4. The summed E-state index contributed by atoms with van der Waals surface area (Å²) in [5.74, 6) is 0.134. The molecule has 7 nitrogen and oxygen atoms in total. The monoisotopic (exact) mass is 387 g/mol. The van der Waals surface area contributed by atoms with Gasteiger partial charge in [-0.25, -0.2) is 12.7 Å². The highest BCUT2D eigenvalue weighted by atomic mass is 32.2. The Morgan fingerprint density at radius 3 is 2.38 bits per heavy atom. The van der Waals surface area contributed by atoms with Crippen LogP contribution in [0.1, 0.15) is 45.4 Å². The van der Waals surface area contributed by atoms with E-state index in [1.165, 1.54) is 0 Å². The van der Waals surface area contributed by atoms with Gasteiger partial charge in [-0.1, -0.05) is 0 Å². The largest absolute Gasteiger partial charge is 0.381 e. The molecule has 1 amide bonds. The maximum atomic E-state index is 12.4. The number of hydrogen-bond acceptors (Lipinski definition) is 5. The second-order valence-electron chi connectivity index (χ2n) is 7.91. The van der Waals surface area contributed by atoms with Crippen molar-refractivity contribution in [1.29, 1.82) is 0 Å². The Balaban J connectivity index is 1.65. The van der Waals surface area contributed by atoms with E-state index in [-0.39, 0.29) is 11.2 Å². The van der Waals surface area contributed by atoms with Gasteiger partial charge in [-0.15, -0.1) is 0 Å². The molecule has 3 aliphatic rings. The lowest BCUT2D eigenvalue weighted by Crippen LogP contribution is -2.55. The number of carbonyl (C=O) groups excluding carboxylic acids is 1. The molecular weight excluding hydrogens is 354 g/mol. The molecule has 2 saturated heterocycles. The number of piperidine rings is 1.